The zero-order valence-corrected chi connectivity index (χ0v) is 8.64. The van der Waals surface area contributed by atoms with Crippen molar-refractivity contribution in [2.24, 2.45) is 0 Å². The zero-order chi connectivity index (χ0) is 10.9. The van der Waals surface area contributed by atoms with Gasteiger partial charge in [-0.3, -0.25) is 0 Å². The summed E-state index contributed by atoms with van der Waals surface area (Å²) in [6.07, 6.45) is -0.144. The Balaban J connectivity index is 0. The highest BCUT2D eigenvalue weighted by Crippen LogP contribution is 1.93. The molecule has 0 aliphatic carbocycles. The maximum absolute atomic E-state index is 8.56. The van der Waals surface area contributed by atoms with Crippen molar-refractivity contribution in [2.45, 2.75) is 51.9 Å². The molecule has 0 saturated carbocycles. The van der Waals surface area contributed by atoms with Crippen LogP contribution in [0.15, 0.2) is 0 Å². The minimum atomic E-state index is -0.375. The average molecular weight is 194 g/mol. The van der Waals surface area contributed by atoms with Crippen LogP contribution in [-0.2, 0) is 0 Å². The Morgan fingerprint density at radius 3 is 1.23 bits per heavy atom. The van der Waals surface area contributed by atoms with E-state index >= 15 is 0 Å². The summed E-state index contributed by atoms with van der Waals surface area (Å²) < 4.78 is 0. The second-order valence-electron chi connectivity index (χ2n) is 3.30. The topological polar surface area (TPSA) is 80.9 Å². The molecule has 0 saturated heterocycles. The minimum absolute atomic E-state index is 0.0810. The third-order valence-corrected chi connectivity index (χ3v) is 1.23. The number of aliphatic hydroxyl groups is 4. The number of hydrogen-bond acceptors (Lipinski definition) is 4. The summed E-state index contributed by atoms with van der Waals surface area (Å²) >= 11 is 0. The van der Waals surface area contributed by atoms with Crippen LogP contribution in [-0.4, -0.2) is 45.3 Å². The van der Waals surface area contributed by atoms with Crippen LogP contribution >= 0.6 is 0 Å². The zero-order valence-electron chi connectivity index (χ0n) is 8.64. The van der Waals surface area contributed by atoms with E-state index in [9.17, 15) is 0 Å². The monoisotopic (exact) mass is 194 g/mol. The second kappa shape index (κ2) is 9.92. The van der Waals surface area contributed by atoms with Crippen molar-refractivity contribution in [1.82, 2.24) is 0 Å². The maximum atomic E-state index is 8.56. The van der Waals surface area contributed by atoms with E-state index in [1.54, 1.807) is 20.8 Å². The highest BCUT2D eigenvalue weighted by Gasteiger charge is 1.98. The van der Waals surface area contributed by atoms with E-state index in [1.807, 2.05) is 0 Å². The van der Waals surface area contributed by atoms with Crippen molar-refractivity contribution in [1.29, 1.82) is 0 Å². The average Bonchev–Trinajstić information content (AvgIpc) is 1.83. The minimum Gasteiger partial charge on any atom is -0.396 e. The Morgan fingerprint density at radius 1 is 0.846 bits per heavy atom. The molecular formula is C9H22O4. The Labute approximate surface area is 79.8 Å². The lowest BCUT2D eigenvalue weighted by molar-refractivity contribution is 0.102. The molecular weight excluding hydrogens is 172 g/mol. The molecule has 0 radical (unpaired) electrons. The molecule has 0 aliphatic heterocycles. The van der Waals surface area contributed by atoms with Crippen molar-refractivity contribution in [2.75, 3.05) is 6.61 Å². The van der Waals surface area contributed by atoms with Gasteiger partial charge < -0.3 is 20.4 Å². The molecule has 3 atom stereocenters. The van der Waals surface area contributed by atoms with Crippen LogP contribution < -0.4 is 0 Å². The molecule has 0 amide bonds. The molecule has 13 heavy (non-hydrogen) atoms. The van der Waals surface area contributed by atoms with E-state index in [0.717, 1.165) is 0 Å². The fourth-order valence-electron chi connectivity index (χ4n) is 0.680. The Hall–Kier alpha value is -0.160. The third-order valence-electron chi connectivity index (χ3n) is 1.23. The predicted molar refractivity (Wildman–Crippen MR) is 51.4 cm³/mol. The SMILES string of the molecule is CC(O)CC(C)O.CC(O)CCO. The number of hydrogen-bond donors (Lipinski definition) is 4. The summed E-state index contributed by atoms with van der Waals surface area (Å²) in [7, 11) is 0. The van der Waals surface area contributed by atoms with Crippen LogP contribution in [0, 0.1) is 0 Å². The van der Waals surface area contributed by atoms with Gasteiger partial charge in [0.15, 0.2) is 0 Å². The molecule has 4 nitrogen and oxygen atoms in total. The van der Waals surface area contributed by atoms with Gasteiger partial charge in [0, 0.05) is 6.61 Å². The standard InChI is InChI=1S/C5H12O2.C4H10O2/c1-4(6)3-5(2)7;1-4(6)2-3-5/h4-7H,3H2,1-2H3;4-6H,2-3H2,1H3. The summed E-state index contributed by atoms with van der Waals surface area (Å²) in [5.74, 6) is 0. The Morgan fingerprint density at radius 2 is 1.23 bits per heavy atom. The van der Waals surface area contributed by atoms with Crippen LogP contribution in [0.4, 0.5) is 0 Å². The molecule has 0 aromatic heterocycles. The second-order valence-corrected chi connectivity index (χ2v) is 3.30. The van der Waals surface area contributed by atoms with Crippen LogP contribution in [0.5, 0.6) is 0 Å². The van der Waals surface area contributed by atoms with E-state index in [-0.39, 0.29) is 24.9 Å². The van der Waals surface area contributed by atoms with Gasteiger partial charge in [0.25, 0.3) is 0 Å². The maximum Gasteiger partial charge on any atom is 0.0536 e. The molecule has 0 spiro atoms. The fraction of sp³-hybridized carbons (Fsp3) is 1.00. The van der Waals surface area contributed by atoms with E-state index in [2.05, 4.69) is 0 Å². The van der Waals surface area contributed by atoms with Gasteiger partial charge in [-0.05, 0) is 33.6 Å². The van der Waals surface area contributed by atoms with Gasteiger partial charge in [-0.1, -0.05) is 0 Å². The van der Waals surface area contributed by atoms with Gasteiger partial charge in [0.2, 0.25) is 0 Å². The van der Waals surface area contributed by atoms with E-state index in [0.29, 0.717) is 12.8 Å². The Kier molecular flexibility index (Phi) is 11.7. The van der Waals surface area contributed by atoms with Gasteiger partial charge >= 0.3 is 0 Å². The fourth-order valence-corrected chi connectivity index (χ4v) is 0.680. The molecule has 0 rings (SSSR count). The first kappa shape index (κ1) is 15.3. The molecule has 4 N–H and O–H groups in total. The molecule has 0 heterocycles. The van der Waals surface area contributed by atoms with E-state index in [1.165, 1.54) is 0 Å². The molecule has 0 fully saturated rings. The molecule has 82 valence electrons. The van der Waals surface area contributed by atoms with Gasteiger partial charge in [0.05, 0.1) is 18.3 Å². The lowest BCUT2D eigenvalue weighted by atomic mass is 10.2. The molecule has 0 aromatic carbocycles. The van der Waals surface area contributed by atoms with E-state index in [4.69, 9.17) is 20.4 Å². The largest absolute Gasteiger partial charge is 0.396 e. The molecule has 0 aliphatic rings. The summed E-state index contributed by atoms with van der Waals surface area (Å²) in [6, 6.07) is 0. The summed E-state index contributed by atoms with van der Waals surface area (Å²) in [5.41, 5.74) is 0. The van der Waals surface area contributed by atoms with Crippen molar-refractivity contribution in [3.8, 4) is 0 Å². The molecule has 0 bridgehead atoms. The lowest BCUT2D eigenvalue weighted by Crippen LogP contribution is -2.10. The van der Waals surface area contributed by atoms with Crippen LogP contribution in [0.3, 0.4) is 0 Å². The van der Waals surface area contributed by atoms with Gasteiger partial charge in [-0.25, -0.2) is 0 Å². The van der Waals surface area contributed by atoms with Crippen LogP contribution in [0.1, 0.15) is 33.6 Å². The van der Waals surface area contributed by atoms with Crippen LogP contribution in [0.25, 0.3) is 0 Å². The summed E-state index contributed by atoms with van der Waals surface area (Å²) in [5, 5.41) is 33.6. The first-order chi connectivity index (χ1) is 5.90. The number of aliphatic hydroxyl groups excluding tert-OH is 4. The molecule has 3 unspecified atom stereocenters. The lowest BCUT2D eigenvalue weighted by Gasteiger charge is -2.04. The van der Waals surface area contributed by atoms with Crippen molar-refractivity contribution in [3.05, 3.63) is 0 Å². The normalized spacial score (nSPS) is 16.8. The third kappa shape index (κ3) is 24.5. The smallest absolute Gasteiger partial charge is 0.0536 e. The van der Waals surface area contributed by atoms with Gasteiger partial charge in [-0.15, -0.1) is 0 Å². The van der Waals surface area contributed by atoms with Crippen molar-refractivity contribution >= 4 is 0 Å². The first-order valence-corrected chi connectivity index (χ1v) is 4.55. The van der Waals surface area contributed by atoms with Crippen molar-refractivity contribution < 1.29 is 20.4 Å². The molecule has 0 aromatic rings. The summed E-state index contributed by atoms with van der Waals surface area (Å²) in [6.45, 7) is 5.05. The number of rotatable bonds is 4. The highest BCUT2D eigenvalue weighted by molar-refractivity contribution is 4.51. The quantitative estimate of drug-likeness (QED) is 0.503. The van der Waals surface area contributed by atoms with E-state index < -0.39 is 0 Å². The van der Waals surface area contributed by atoms with Gasteiger partial charge in [-0.2, -0.15) is 0 Å². The predicted octanol–water partition coefficient (Wildman–Crippen LogP) is -0.112. The highest BCUT2D eigenvalue weighted by atomic mass is 16.3. The summed E-state index contributed by atoms with van der Waals surface area (Å²) in [4.78, 5) is 0. The molecule has 4 heteroatoms. The van der Waals surface area contributed by atoms with Gasteiger partial charge in [0.1, 0.15) is 0 Å². The van der Waals surface area contributed by atoms with Crippen LogP contribution in [0.2, 0.25) is 0 Å². The first-order valence-electron chi connectivity index (χ1n) is 4.55. The Bertz CT molecular complexity index is 85.6. The van der Waals surface area contributed by atoms with Crippen molar-refractivity contribution in [3.63, 3.8) is 0 Å².